The van der Waals surface area contributed by atoms with Crippen LogP contribution < -0.4 is 10.1 Å². The fraction of sp³-hybridized carbons (Fsp3) is 0.0909. The van der Waals surface area contributed by atoms with Crippen LogP contribution in [0.3, 0.4) is 0 Å². The summed E-state index contributed by atoms with van der Waals surface area (Å²) in [5.74, 6) is 0.960. The summed E-state index contributed by atoms with van der Waals surface area (Å²) in [6.45, 7) is 1.98. The predicted octanol–water partition coefficient (Wildman–Crippen LogP) is 5.88. The van der Waals surface area contributed by atoms with Gasteiger partial charge in [-0.3, -0.25) is 9.20 Å². The van der Waals surface area contributed by atoms with Crippen molar-refractivity contribution in [2.45, 2.75) is 6.92 Å². The summed E-state index contributed by atoms with van der Waals surface area (Å²) in [5.41, 5.74) is 3.59. The van der Waals surface area contributed by atoms with Crippen LogP contribution in [-0.2, 0) is 0 Å². The molecule has 5 nitrogen and oxygen atoms in total. The Kier molecular flexibility index (Phi) is 5.18. The number of aryl methyl sites for hydroxylation is 1. The summed E-state index contributed by atoms with van der Waals surface area (Å²) in [5, 5.41) is 3.72. The zero-order valence-electron chi connectivity index (χ0n) is 15.7. The smallest absolute Gasteiger partial charge is 0.258 e. The van der Waals surface area contributed by atoms with Crippen LogP contribution in [-0.4, -0.2) is 22.4 Å². The standard InChI is InChI=1S/C22H17Cl2N3O2/c1-13-3-10-19-25-20(14-4-7-16(29-2)8-5-14)21(27(19)12-13)26-22(28)17-9-6-15(23)11-18(17)24/h3-12H,1-2H3,(H,26,28). The molecule has 0 aliphatic rings. The Morgan fingerprint density at radius 3 is 2.52 bits per heavy atom. The third-order valence-electron chi connectivity index (χ3n) is 4.54. The third-order valence-corrected chi connectivity index (χ3v) is 5.09. The summed E-state index contributed by atoms with van der Waals surface area (Å²) in [6.07, 6.45) is 1.93. The van der Waals surface area contributed by atoms with Gasteiger partial charge in [-0.25, -0.2) is 4.98 Å². The van der Waals surface area contributed by atoms with E-state index in [9.17, 15) is 4.79 Å². The number of carbonyl (C=O) groups excluding carboxylic acids is 1. The van der Waals surface area contributed by atoms with Crippen molar-refractivity contribution in [1.29, 1.82) is 0 Å². The number of methoxy groups -OCH3 is 1. The van der Waals surface area contributed by atoms with Gasteiger partial charge in [0.2, 0.25) is 0 Å². The van der Waals surface area contributed by atoms with Gasteiger partial charge in [0, 0.05) is 16.8 Å². The summed E-state index contributed by atoms with van der Waals surface area (Å²) in [7, 11) is 1.62. The molecule has 29 heavy (non-hydrogen) atoms. The number of hydrogen-bond acceptors (Lipinski definition) is 3. The number of benzene rings is 2. The van der Waals surface area contributed by atoms with Gasteiger partial charge in [-0.1, -0.05) is 29.3 Å². The zero-order chi connectivity index (χ0) is 20.5. The number of pyridine rings is 1. The molecule has 0 fully saturated rings. The molecule has 0 aliphatic heterocycles. The maximum atomic E-state index is 13.0. The fourth-order valence-corrected chi connectivity index (χ4v) is 3.56. The van der Waals surface area contributed by atoms with Crippen molar-refractivity contribution in [2.75, 3.05) is 12.4 Å². The van der Waals surface area contributed by atoms with Gasteiger partial charge in [0.05, 0.1) is 17.7 Å². The Bertz CT molecular complexity index is 1220. The van der Waals surface area contributed by atoms with Gasteiger partial charge in [-0.15, -0.1) is 0 Å². The third kappa shape index (κ3) is 3.79. The monoisotopic (exact) mass is 425 g/mol. The largest absolute Gasteiger partial charge is 0.497 e. The van der Waals surface area contributed by atoms with Crippen LogP contribution in [0.1, 0.15) is 15.9 Å². The van der Waals surface area contributed by atoms with E-state index in [0.717, 1.165) is 22.5 Å². The highest BCUT2D eigenvalue weighted by atomic mass is 35.5. The molecule has 0 bridgehead atoms. The van der Waals surface area contributed by atoms with Gasteiger partial charge in [0.15, 0.2) is 0 Å². The lowest BCUT2D eigenvalue weighted by atomic mass is 10.1. The van der Waals surface area contributed by atoms with Crippen molar-refractivity contribution in [3.05, 3.63) is 82.0 Å². The molecule has 0 unspecified atom stereocenters. The van der Waals surface area contributed by atoms with E-state index >= 15 is 0 Å². The minimum atomic E-state index is -0.343. The van der Waals surface area contributed by atoms with Gasteiger partial charge in [-0.2, -0.15) is 0 Å². The van der Waals surface area contributed by atoms with E-state index in [-0.39, 0.29) is 10.9 Å². The molecular formula is C22H17Cl2N3O2. The van der Waals surface area contributed by atoms with Gasteiger partial charge in [0.1, 0.15) is 22.9 Å². The molecule has 0 atom stereocenters. The van der Waals surface area contributed by atoms with Crippen LogP contribution >= 0.6 is 23.2 Å². The topological polar surface area (TPSA) is 55.6 Å². The van der Waals surface area contributed by atoms with Crippen LogP contribution in [0.25, 0.3) is 16.9 Å². The number of aromatic nitrogens is 2. The predicted molar refractivity (Wildman–Crippen MR) is 116 cm³/mol. The lowest BCUT2D eigenvalue weighted by Crippen LogP contribution is -2.14. The first-order valence-corrected chi connectivity index (χ1v) is 9.61. The first kappa shape index (κ1) is 19.3. The highest BCUT2D eigenvalue weighted by Crippen LogP contribution is 2.31. The summed E-state index contributed by atoms with van der Waals surface area (Å²) in [4.78, 5) is 17.7. The Hall–Kier alpha value is -3.02. The number of nitrogens with one attached hydrogen (secondary N) is 1. The van der Waals surface area contributed by atoms with Crippen LogP contribution in [0.4, 0.5) is 5.82 Å². The molecule has 0 saturated carbocycles. The second-order valence-corrected chi connectivity index (χ2v) is 7.39. The maximum absolute atomic E-state index is 13.0. The number of anilines is 1. The van der Waals surface area contributed by atoms with Gasteiger partial charge in [0.25, 0.3) is 5.91 Å². The van der Waals surface area contributed by atoms with Crippen LogP contribution in [0.2, 0.25) is 10.0 Å². The molecule has 2 aromatic carbocycles. The number of imidazole rings is 1. The van der Waals surface area contributed by atoms with Gasteiger partial charge in [-0.05, 0) is 61.0 Å². The number of fused-ring (bicyclic) bond motifs is 1. The van der Waals surface area contributed by atoms with Crippen molar-refractivity contribution < 1.29 is 9.53 Å². The van der Waals surface area contributed by atoms with E-state index in [2.05, 4.69) is 5.32 Å². The molecule has 7 heteroatoms. The number of hydrogen-bond donors (Lipinski definition) is 1. The first-order valence-electron chi connectivity index (χ1n) is 8.86. The molecule has 4 rings (SSSR count). The maximum Gasteiger partial charge on any atom is 0.258 e. The van der Waals surface area contributed by atoms with Crippen LogP contribution in [0.15, 0.2) is 60.8 Å². The number of rotatable bonds is 4. The average Bonchev–Trinajstić information content (AvgIpc) is 3.05. The normalized spacial score (nSPS) is 10.9. The summed E-state index contributed by atoms with van der Waals surface area (Å²) >= 11 is 12.2. The lowest BCUT2D eigenvalue weighted by molar-refractivity contribution is 0.102. The van der Waals surface area contributed by atoms with E-state index in [0.29, 0.717) is 22.1 Å². The number of ether oxygens (including phenoxy) is 1. The Morgan fingerprint density at radius 2 is 1.83 bits per heavy atom. The van der Waals surface area contributed by atoms with Crippen molar-refractivity contribution in [2.24, 2.45) is 0 Å². The Balaban J connectivity index is 1.82. The molecular weight excluding hydrogens is 409 g/mol. The molecule has 0 aliphatic carbocycles. The molecule has 0 radical (unpaired) electrons. The number of halogens is 2. The average molecular weight is 426 g/mol. The molecule has 0 spiro atoms. The van der Waals surface area contributed by atoms with E-state index in [4.69, 9.17) is 32.9 Å². The molecule has 4 aromatic rings. The molecule has 0 saturated heterocycles. The number of nitrogens with zero attached hydrogens (tertiary/aromatic N) is 2. The first-order chi connectivity index (χ1) is 14.0. The second-order valence-electron chi connectivity index (χ2n) is 6.55. The minimum absolute atomic E-state index is 0.283. The molecule has 146 valence electrons. The SMILES string of the molecule is COc1ccc(-c2nc3ccc(C)cn3c2NC(=O)c2ccc(Cl)cc2Cl)cc1. The molecule has 1 N–H and O–H groups in total. The van der Waals surface area contributed by atoms with Crippen molar-refractivity contribution in [3.8, 4) is 17.0 Å². The Morgan fingerprint density at radius 1 is 1.07 bits per heavy atom. The minimum Gasteiger partial charge on any atom is -0.497 e. The molecule has 2 heterocycles. The van der Waals surface area contributed by atoms with Gasteiger partial charge < -0.3 is 10.1 Å². The highest BCUT2D eigenvalue weighted by Gasteiger charge is 2.19. The second kappa shape index (κ2) is 7.78. The van der Waals surface area contributed by atoms with Gasteiger partial charge >= 0.3 is 0 Å². The fourth-order valence-electron chi connectivity index (χ4n) is 3.07. The number of carbonyl (C=O) groups is 1. The quantitative estimate of drug-likeness (QED) is 0.444. The van der Waals surface area contributed by atoms with Crippen molar-refractivity contribution >= 4 is 40.6 Å². The van der Waals surface area contributed by atoms with Crippen molar-refractivity contribution in [3.63, 3.8) is 0 Å². The van der Waals surface area contributed by atoms with E-state index in [1.165, 1.54) is 0 Å². The molecule has 1 amide bonds. The highest BCUT2D eigenvalue weighted by molar-refractivity contribution is 6.37. The zero-order valence-corrected chi connectivity index (χ0v) is 17.3. The number of amides is 1. The Labute approximate surface area is 177 Å². The lowest BCUT2D eigenvalue weighted by Gasteiger charge is -2.10. The van der Waals surface area contributed by atoms with Crippen LogP contribution in [0, 0.1) is 6.92 Å². The molecule has 2 aromatic heterocycles. The summed E-state index contributed by atoms with van der Waals surface area (Å²) < 4.78 is 7.09. The van der Waals surface area contributed by atoms with Crippen LogP contribution in [0.5, 0.6) is 5.75 Å². The summed E-state index contributed by atoms with van der Waals surface area (Å²) in [6, 6.07) is 16.2. The van der Waals surface area contributed by atoms with E-state index < -0.39 is 0 Å². The van der Waals surface area contributed by atoms with E-state index in [1.54, 1.807) is 25.3 Å². The van der Waals surface area contributed by atoms with Crippen molar-refractivity contribution in [1.82, 2.24) is 9.38 Å². The van der Waals surface area contributed by atoms with E-state index in [1.807, 2.05) is 53.9 Å².